The van der Waals surface area contributed by atoms with Crippen LogP contribution in [0, 0.1) is 0 Å². The molecule has 2 unspecified atom stereocenters. The number of rotatable bonds is 2. The van der Waals surface area contributed by atoms with Gasteiger partial charge in [0.2, 0.25) is 0 Å². The second-order valence-electron chi connectivity index (χ2n) is 4.69. The van der Waals surface area contributed by atoms with Crippen LogP contribution < -0.4 is 0 Å². The summed E-state index contributed by atoms with van der Waals surface area (Å²) in [5, 5.41) is 9.78. The first-order chi connectivity index (χ1) is 8.59. The molecule has 1 aliphatic rings. The molecular formula is C13H17BrN2O2. The first-order valence-corrected chi connectivity index (χ1v) is 6.98. The predicted octanol–water partition coefficient (Wildman–Crippen LogP) is 2.22. The summed E-state index contributed by atoms with van der Waals surface area (Å²) in [6.07, 6.45) is 5.66. The minimum absolute atomic E-state index is 0.0469. The molecule has 0 saturated carbocycles. The molecule has 18 heavy (non-hydrogen) atoms. The van der Waals surface area contributed by atoms with Gasteiger partial charge in [0.05, 0.1) is 17.7 Å². The first kappa shape index (κ1) is 13.5. The number of carbonyl (C=O) groups excluding carboxylic acids is 1. The van der Waals surface area contributed by atoms with Crippen LogP contribution in [0.15, 0.2) is 22.9 Å². The normalized spacial score (nSPS) is 21.7. The molecule has 1 aromatic rings. The highest BCUT2D eigenvalue weighted by molar-refractivity contribution is 9.10. The van der Waals surface area contributed by atoms with E-state index in [-0.39, 0.29) is 11.9 Å². The Morgan fingerprint density at radius 3 is 3.00 bits per heavy atom. The molecule has 98 valence electrons. The van der Waals surface area contributed by atoms with Crippen molar-refractivity contribution < 1.29 is 9.90 Å². The van der Waals surface area contributed by atoms with Gasteiger partial charge >= 0.3 is 0 Å². The number of carbonyl (C=O) groups is 1. The maximum absolute atomic E-state index is 12.4. The number of nitrogens with zero attached hydrogens (tertiary/aromatic N) is 2. The van der Waals surface area contributed by atoms with Crippen LogP contribution in [0.4, 0.5) is 0 Å². The second-order valence-corrected chi connectivity index (χ2v) is 5.61. The van der Waals surface area contributed by atoms with E-state index in [0.29, 0.717) is 12.1 Å². The van der Waals surface area contributed by atoms with Crippen LogP contribution in [0.1, 0.15) is 36.5 Å². The zero-order chi connectivity index (χ0) is 13.1. The maximum atomic E-state index is 12.4. The van der Waals surface area contributed by atoms with E-state index in [1.54, 1.807) is 30.3 Å². The van der Waals surface area contributed by atoms with Crippen LogP contribution in [0.25, 0.3) is 0 Å². The molecule has 1 aromatic heterocycles. The Kier molecular flexibility index (Phi) is 4.35. The summed E-state index contributed by atoms with van der Waals surface area (Å²) in [6, 6.07) is 1.69. The fraction of sp³-hybridized carbons (Fsp3) is 0.538. The predicted molar refractivity (Wildman–Crippen MR) is 72.3 cm³/mol. The van der Waals surface area contributed by atoms with E-state index in [2.05, 4.69) is 20.9 Å². The number of piperidine rings is 1. The number of aliphatic hydroxyl groups is 1. The SMILES string of the molecule is CC(O)C1CCCCN1C(=O)c1cncc(Br)c1. The lowest BCUT2D eigenvalue weighted by Gasteiger charge is -2.37. The molecule has 0 radical (unpaired) electrons. The van der Waals surface area contributed by atoms with Crippen molar-refractivity contribution in [2.45, 2.75) is 38.3 Å². The monoisotopic (exact) mass is 312 g/mol. The van der Waals surface area contributed by atoms with E-state index >= 15 is 0 Å². The summed E-state index contributed by atoms with van der Waals surface area (Å²) in [5.74, 6) is -0.0469. The van der Waals surface area contributed by atoms with Gasteiger partial charge in [-0.2, -0.15) is 0 Å². The molecule has 1 saturated heterocycles. The average molecular weight is 313 g/mol. The molecule has 0 aromatic carbocycles. The second kappa shape index (κ2) is 5.80. The van der Waals surface area contributed by atoms with Gasteiger partial charge in [0.1, 0.15) is 0 Å². The Hall–Kier alpha value is -0.940. The van der Waals surface area contributed by atoms with Gasteiger partial charge in [-0.05, 0) is 48.2 Å². The molecule has 4 nitrogen and oxygen atoms in total. The van der Waals surface area contributed by atoms with Crippen molar-refractivity contribution in [1.29, 1.82) is 0 Å². The summed E-state index contributed by atoms with van der Waals surface area (Å²) in [7, 11) is 0. The Bertz CT molecular complexity index is 437. The molecule has 5 heteroatoms. The van der Waals surface area contributed by atoms with Gasteiger partial charge in [0, 0.05) is 23.4 Å². The fourth-order valence-corrected chi connectivity index (χ4v) is 2.77. The minimum Gasteiger partial charge on any atom is -0.391 e. The van der Waals surface area contributed by atoms with Gasteiger partial charge in [-0.25, -0.2) is 0 Å². The third-order valence-corrected chi connectivity index (χ3v) is 3.75. The number of aromatic nitrogens is 1. The number of halogens is 1. The van der Waals surface area contributed by atoms with Crippen LogP contribution in [-0.2, 0) is 0 Å². The summed E-state index contributed by atoms with van der Waals surface area (Å²) in [4.78, 5) is 18.2. The molecule has 1 aliphatic heterocycles. The summed E-state index contributed by atoms with van der Waals surface area (Å²) < 4.78 is 0.791. The molecule has 0 aliphatic carbocycles. The zero-order valence-corrected chi connectivity index (χ0v) is 11.9. The number of hydrogen-bond acceptors (Lipinski definition) is 3. The summed E-state index contributed by atoms with van der Waals surface area (Å²) >= 11 is 3.32. The van der Waals surface area contributed by atoms with Crippen molar-refractivity contribution in [2.24, 2.45) is 0 Å². The van der Waals surface area contributed by atoms with E-state index < -0.39 is 6.10 Å². The van der Waals surface area contributed by atoms with Crippen LogP contribution in [-0.4, -0.2) is 39.6 Å². The topological polar surface area (TPSA) is 53.4 Å². The van der Waals surface area contributed by atoms with Crippen molar-refractivity contribution in [1.82, 2.24) is 9.88 Å². The largest absolute Gasteiger partial charge is 0.391 e. The lowest BCUT2D eigenvalue weighted by Crippen LogP contribution is -2.48. The molecule has 2 atom stereocenters. The Labute approximate surface area is 115 Å². The molecule has 1 fully saturated rings. The smallest absolute Gasteiger partial charge is 0.255 e. The maximum Gasteiger partial charge on any atom is 0.255 e. The van der Waals surface area contributed by atoms with Gasteiger partial charge in [0.15, 0.2) is 0 Å². The standard InChI is InChI=1S/C13H17BrN2O2/c1-9(17)12-4-2-3-5-16(12)13(18)10-6-11(14)8-15-7-10/h6-9,12,17H,2-5H2,1H3. The van der Waals surface area contributed by atoms with Crippen molar-refractivity contribution >= 4 is 21.8 Å². The lowest BCUT2D eigenvalue weighted by molar-refractivity contribution is 0.0280. The highest BCUT2D eigenvalue weighted by Gasteiger charge is 2.30. The van der Waals surface area contributed by atoms with Crippen LogP contribution in [0.5, 0.6) is 0 Å². The molecule has 2 heterocycles. The highest BCUT2D eigenvalue weighted by atomic mass is 79.9. The van der Waals surface area contributed by atoms with Crippen LogP contribution in [0.3, 0.4) is 0 Å². The van der Waals surface area contributed by atoms with E-state index in [1.165, 1.54) is 0 Å². The van der Waals surface area contributed by atoms with Crippen LogP contribution >= 0.6 is 15.9 Å². The van der Waals surface area contributed by atoms with Crippen molar-refractivity contribution in [3.8, 4) is 0 Å². The molecule has 1 N–H and O–H groups in total. The third-order valence-electron chi connectivity index (χ3n) is 3.32. The van der Waals surface area contributed by atoms with E-state index in [1.807, 2.05) is 0 Å². The van der Waals surface area contributed by atoms with Gasteiger partial charge in [-0.15, -0.1) is 0 Å². The number of amides is 1. The first-order valence-electron chi connectivity index (χ1n) is 6.19. The van der Waals surface area contributed by atoms with Gasteiger partial charge < -0.3 is 10.0 Å². The Balaban J connectivity index is 2.21. The summed E-state index contributed by atoms with van der Waals surface area (Å²) in [5.41, 5.74) is 0.567. The number of likely N-dealkylation sites (tertiary alicyclic amines) is 1. The highest BCUT2D eigenvalue weighted by Crippen LogP contribution is 2.22. The quantitative estimate of drug-likeness (QED) is 0.911. The van der Waals surface area contributed by atoms with E-state index in [9.17, 15) is 9.90 Å². The molecule has 0 spiro atoms. The Morgan fingerprint density at radius 2 is 2.33 bits per heavy atom. The van der Waals surface area contributed by atoms with Crippen molar-refractivity contribution in [3.63, 3.8) is 0 Å². The molecule has 0 bridgehead atoms. The zero-order valence-electron chi connectivity index (χ0n) is 10.3. The Morgan fingerprint density at radius 1 is 1.56 bits per heavy atom. The number of pyridine rings is 1. The average Bonchev–Trinajstić information content (AvgIpc) is 2.38. The lowest BCUT2D eigenvalue weighted by atomic mass is 9.97. The molecule has 2 rings (SSSR count). The van der Waals surface area contributed by atoms with Gasteiger partial charge in [0.25, 0.3) is 5.91 Å². The van der Waals surface area contributed by atoms with Gasteiger partial charge in [-0.3, -0.25) is 9.78 Å². The van der Waals surface area contributed by atoms with Crippen molar-refractivity contribution in [2.75, 3.05) is 6.54 Å². The summed E-state index contributed by atoms with van der Waals surface area (Å²) in [6.45, 7) is 2.45. The van der Waals surface area contributed by atoms with Crippen LogP contribution in [0.2, 0.25) is 0 Å². The van der Waals surface area contributed by atoms with Crippen molar-refractivity contribution in [3.05, 3.63) is 28.5 Å². The third kappa shape index (κ3) is 2.90. The van der Waals surface area contributed by atoms with Gasteiger partial charge in [-0.1, -0.05) is 0 Å². The number of aliphatic hydroxyl groups excluding tert-OH is 1. The minimum atomic E-state index is -0.491. The molecular weight excluding hydrogens is 296 g/mol. The van der Waals surface area contributed by atoms with E-state index in [0.717, 1.165) is 23.7 Å². The molecule has 1 amide bonds. The number of hydrogen-bond donors (Lipinski definition) is 1. The fourth-order valence-electron chi connectivity index (χ4n) is 2.41. The van der Waals surface area contributed by atoms with E-state index in [4.69, 9.17) is 0 Å².